The number of nitrogens with zero attached hydrogens (tertiary/aromatic N) is 4. The molecule has 1 amide bonds. The first kappa shape index (κ1) is 16.8. The standard InChI is InChI=1S/C16H16BrN5OS/c1-16(2,3)11-9-13(20-14(23)10-5-6-12(17)24-10)22(21-11)15-18-7-4-8-19-15/h4-9H,1-3H3,(H,20,23). The molecular weight excluding hydrogens is 390 g/mol. The lowest BCUT2D eigenvalue weighted by Gasteiger charge is -2.13. The van der Waals surface area contributed by atoms with Crippen LogP contribution in [0.15, 0.2) is 40.4 Å². The van der Waals surface area contributed by atoms with E-state index >= 15 is 0 Å². The Morgan fingerprint density at radius 1 is 1.25 bits per heavy atom. The van der Waals surface area contributed by atoms with Crippen molar-refractivity contribution in [2.45, 2.75) is 26.2 Å². The number of rotatable bonds is 3. The second-order valence-corrected chi connectivity index (χ2v) is 8.65. The zero-order valence-corrected chi connectivity index (χ0v) is 15.8. The second-order valence-electron chi connectivity index (χ2n) is 6.18. The van der Waals surface area contributed by atoms with E-state index in [2.05, 4.69) is 57.1 Å². The highest BCUT2D eigenvalue weighted by Crippen LogP contribution is 2.27. The molecule has 6 nitrogen and oxygen atoms in total. The number of nitrogens with one attached hydrogen (secondary N) is 1. The summed E-state index contributed by atoms with van der Waals surface area (Å²) in [6.07, 6.45) is 3.28. The Labute approximate surface area is 152 Å². The minimum atomic E-state index is -0.191. The third-order valence-corrected chi connectivity index (χ3v) is 4.88. The van der Waals surface area contributed by atoms with Gasteiger partial charge in [-0.15, -0.1) is 11.3 Å². The van der Waals surface area contributed by atoms with Gasteiger partial charge in [0.15, 0.2) is 0 Å². The van der Waals surface area contributed by atoms with Crippen molar-refractivity contribution in [1.82, 2.24) is 19.7 Å². The van der Waals surface area contributed by atoms with Crippen LogP contribution < -0.4 is 5.32 Å². The van der Waals surface area contributed by atoms with E-state index in [1.54, 1.807) is 29.2 Å². The molecule has 0 aromatic carbocycles. The van der Waals surface area contributed by atoms with Gasteiger partial charge in [-0.2, -0.15) is 9.78 Å². The minimum absolute atomic E-state index is 0.161. The van der Waals surface area contributed by atoms with Crippen molar-refractivity contribution in [3.05, 3.63) is 51.0 Å². The molecule has 0 unspecified atom stereocenters. The zero-order valence-electron chi connectivity index (χ0n) is 13.4. The SMILES string of the molecule is CC(C)(C)c1cc(NC(=O)c2ccc(Br)s2)n(-c2ncccn2)n1. The van der Waals surface area contributed by atoms with E-state index in [0.717, 1.165) is 9.48 Å². The zero-order chi connectivity index (χ0) is 17.3. The van der Waals surface area contributed by atoms with E-state index < -0.39 is 0 Å². The van der Waals surface area contributed by atoms with Gasteiger partial charge in [-0.1, -0.05) is 20.8 Å². The maximum absolute atomic E-state index is 12.5. The van der Waals surface area contributed by atoms with Crippen LogP contribution in [-0.4, -0.2) is 25.7 Å². The maximum Gasteiger partial charge on any atom is 0.266 e. The first-order valence-electron chi connectivity index (χ1n) is 7.29. The molecule has 0 saturated heterocycles. The van der Waals surface area contributed by atoms with E-state index in [9.17, 15) is 4.79 Å². The van der Waals surface area contributed by atoms with Crippen molar-refractivity contribution in [2.24, 2.45) is 0 Å². The normalized spacial score (nSPS) is 11.5. The van der Waals surface area contributed by atoms with Gasteiger partial charge in [0, 0.05) is 23.9 Å². The number of carbonyl (C=O) groups excluding carboxylic acids is 1. The number of halogens is 1. The molecule has 24 heavy (non-hydrogen) atoms. The number of hydrogen-bond donors (Lipinski definition) is 1. The molecule has 0 saturated carbocycles. The highest BCUT2D eigenvalue weighted by Gasteiger charge is 2.22. The quantitative estimate of drug-likeness (QED) is 0.713. The van der Waals surface area contributed by atoms with Gasteiger partial charge >= 0.3 is 0 Å². The van der Waals surface area contributed by atoms with Crippen molar-refractivity contribution < 1.29 is 4.79 Å². The van der Waals surface area contributed by atoms with Gasteiger partial charge in [0.2, 0.25) is 0 Å². The number of anilines is 1. The summed E-state index contributed by atoms with van der Waals surface area (Å²) in [5.74, 6) is 0.763. The van der Waals surface area contributed by atoms with Crippen molar-refractivity contribution >= 4 is 39.0 Å². The summed E-state index contributed by atoms with van der Waals surface area (Å²) < 4.78 is 2.46. The molecule has 0 fully saturated rings. The van der Waals surface area contributed by atoms with E-state index in [-0.39, 0.29) is 11.3 Å². The molecule has 3 aromatic rings. The Hall–Kier alpha value is -2.06. The predicted octanol–water partition coefficient (Wildman–Crippen LogP) is 4.04. The molecule has 0 bridgehead atoms. The molecule has 3 heterocycles. The number of hydrogen-bond acceptors (Lipinski definition) is 5. The highest BCUT2D eigenvalue weighted by molar-refractivity contribution is 9.11. The smallest absolute Gasteiger partial charge is 0.266 e. The van der Waals surface area contributed by atoms with Crippen LogP contribution >= 0.6 is 27.3 Å². The molecule has 0 atom stereocenters. The van der Waals surface area contributed by atoms with Gasteiger partial charge in [0.1, 0.15) is 5.82 Å². The molecule has 0 spiro atoms. The van der Waals surface area contributed by atoms with E-state index in [1.165, 1.54) is 11.3 Å². The summed E-state index contributed by atoms with van der Waals surface area (Å²) in [7, 11) is 0. The third-order valence-electron chi connectivity index (χ3n) is 3.26. The molecule has 3 rings (SSSR count). The van der Waals surface area contributed by atoms with Gasteiger partial charge in [-0.25, -0.2) is 9.97 Å². The van der Waals surface area contributed by atoms with Gasteiger partial charge in [0.25, 0.3) is 11.9 Å². The minimum Gasteiger partial charge on any atom is -0.306 e. The summed E-state index contributed by atoms with van der Waals surface area (Å²) in [4.78, 5) is 21.5. The average molecular weight is 406 g/mol. The second kappa shape index (κ2) is 6.45. The Kier molecular flexibility index (Phi) is 4.51. The topological polar surface area (TPSA) is 72.7 Å². The van der Waals surface area contributed by atoms with Crippen LogP contribution in [0.3, 0.4) is 0 Å². The Morgan fingerprint density at radius 3 is 2.54 bits per heavy atom. The lowest BCUT2D eigenvalue weighted by atomic mass is 9.92. The summed E-state index contributed by atoms with van der Waals surface area (Å²) in [6, 6.07) is 7.21. The van der Waals surface area contributed by atoms with Gasteiger partial charge in [-0.3, -0.25) is 4.79 Å². The van der Waals surface area contributed by atoms with Crippen molar-refractivity contribution in [3.63, 3.8) is 0 Å². The Morgan fingerprint density at radius 2 is 1.96 bits per heavy atom. The van der Waals surface area contributed by atoms with Crippen LogP contribution in [0.25, 0.3) is 5.95 Å². The van der Waals surface area contributed by atoms with Crippen LogP contribution in [0.5, 0.6) is 0 Å². The number of thiophene rings is 1. The fraction of sp³-hybridized carbons (Fsp3) is 0.250. The largest absolute Gasteiger partial charge is 0.306 e. The molecule has 0 aliphatic rings. The molecule has 3 aromatic heterocycles. The molecule has 0 aliphatic carbocycles. The molecule has 0 radical (unpaired) electrons. The summed E-state index contributed by atoms with van der Waals surface area (Å²) >= 11 is 4.74. The number of amides is 1. The van der Waals surface area contributed by atoms with Crippen molar-refractivity contribution in [1.29, 1.82) is 0 Å². The van der Waals surface area contributed by atoms with Crippen LogP contribution in [0.4, 0.5) is 5.82 Å². The number of carbonyl (C=O) groups is 1. The summed E-state index contributed by atoms with van der Waals surface area (Å²) in [6.45, 7) is 6.19. The highest BCUT2D eigenvalue weighted by atomic mass is 79.9. The molecule has 1 N–H and O–H groups in total. The first-order valence-corrected chi connectivity index (χ1v) is 8.90. The Balaban J connectivity index is 1.99. The molecule has 8 heteroatoms. The van der Waals surface area contributed by atoms with Crippen molar-refractivity contribution in [3.8, 4) is 5.95 Å². The average Bonchev–Trinajstić information content (AvgIpc) is 3.14. The maximum atomic E-state index is 12.5. The molecule has 124 valence electrons. The Bertz CT molecular complexity index is 866. The molecule has 0 aliphatic heterocycles. The summed E-state index contributed by atoms with van der Waals surface area (Å²) in [5, 5.41) is 7.48. The van der Waals surface area contributed by atoms with Crippen molar-refractivity contribution in [2.75, 3.05) is 5.32 Å². The monoisotopic (exact) mass is 405 g/mol. The van der Waals surface area contributed by atoms with Gasteiger partial charge < -0.3 is 5.32 Å². The van der Waals surface area contributed by atoms with Gasteiger partial charge in [0.05, 0.1) is 14.4 Å². The lowest BCUT2D eigenvalue weighted by molar-refractivity contribution is 0.103. The van der Waals surface area contributed by atoms with Crippen LogP contribution in [0, 0.1) is 0 Å². The third kappa shape index (κ3) is 3.54. The van der Waals surface area contributed by atoms with Crippen LogP contribution in [0.2, 0.25) is 0 Å². The summed E-state index contributed by atoms with van der Waals surface area (Å²) in [5.41, 5.74) is 0.684. The lowest BCUT2D eigenvalue weighted by Crippen LogP contribution is -2.15. The fourth-order valence-corrected chi connectivity index (χ4v) is 3.29. The van der Waals surface area contributed by atoms with E-state index in [0.29, 0.717) is 16.6 Å². The number of aromatic nitrogens is 4. The fourth-order valence-electron chi connectivity index (χ4n) is 2.00. The van der Waals surface area contributed by atoms with E-state index in [4.69, 9.17) is 0 Å². The van der Waals surface area contributed by atoms with E-state index in [1.807, 2.05) is 12.1 Å². The predicted molar refractivity (Wildman–Crippen MR) is 97.8 cm³/mol. The van der Waals surface area contributed by atoms with Crippen LogP contribution in [0.1, 0.15) is 36.1 Å². The first-order chi connectivity index (χ1) is 11.3. The van der Waals surface area contributed by atoms with Gasteiger partial charge in [-0.05, 0) is 34.1 Å². The molecular formula is C16H16BrN5OS. The van der Waals surface area contributed by atoms with Crippen LogP contribution in [-0.2, 0) is 5.41 Å².